The van der Waals surface area contributed by atoms with Gasteiger partial charge in [0.15, 0.2) is 6.61 Å². The van der Waals surface area contributed by atoms with Crippen molar-refractivity contribution in [2.45, 2.75) is 38.6 Å². The number of nitrogens with one attached hydrogen (secondary N) is 1. The number of amides is 1. The van der Waals surface area contributed by atoms with E-state index in [9.17, 15) is 9.59 Å². The number of ether oxygens (including phenoxy) is 2. The Morgan fingerprint density at radius 2 is 1.86 bits per heavy atom. The number of carbonyl (C=O) groups excluding carboxylic acids is 2. The Balaban J connectivity index is 1.76. The molecule has 0 atom stereocenters. The van der Waals surface area contributed by atoms with Gasteiger partial charge in [0.1, 0.15) is 5.75 Å². The van der Waals surface area contributed by atoms with E-state index in [1.807, 2.05) is 6.92 Å². The smallest absolute Gasteiger partial charge is 0.338 e. The molecule has 1 aliphatic carbocycles. The Labute approximate surface area is 124 Å². The summed E-state index contributed by atoms with van der Waals surface area (Å²) < 4.78 is 10.3. The highest BCUT2D eigenvalue weighted by molar-refractivity contribution is 5.91. The predicted molar refractivity (Wildman–Crippen MR) is 78.3 cm³/mol. The zero-order valence-electron chi connectivity index (χ0n) is 12.3. The average molecular weight is 291 g/mol. The number of hydrogen-bond donors (Lipinski definition) is 1. The number of hydrogen-bond acceptors (Lipinski definition) is 4. The zero-order valence-corrected chi connectivity index (χ0v) is 12.3. The Kier molecular flexibility index (Phi) is 5.60. The first-order chi connectivity index (χ1) is 10.2. The fraction of sp³-hybridized carbons (Fsp3) is 0.500. The van der Waals surface area contributed by atoms with Crippen LogP contribution in [0.5, 0.6) is 5.75 Å². The third-order valence-corrected chi connectivity index (χ3v) is 3.46. The highest BCUT2D eigenvalue weighted by atomic mass is 16.5. The Morgan fingerprint density at radius 3 is 2.48 bits per heavy atom. The highest BCUT2D eigenvalue weighted by Crippen LogP contribution is 2.17. The molecule has 5 nitrogen and oxygen atoms in total. The molecular formula is C16H21NO4. The number of rotatable bonds is 6. The molecule has 21 heavy (non-hydrogen) atoms. The topological polar surface area (TPSA) is 64.6 Å². The summed E-state index contributed by atoms with van der Waals surface area (Å²) in [7, 11) is 0. The van der Waals surface area contributed by atoms with E-state index >= 15 is 0 Å². The van der Waals surface area contributed by atoms with E-state index in [2.05, 4.69) is 5.32 Å². The van der Waals surface area contributed by atoms with Crippen LogP contribution in [0.4, 0.5) is 0 Å². The van der Waals surface area contributed by atoms with Crippen LogP contribution in [0, 0.1) is 0 Å². The SMILES string of the molecule is CCOc1ccc(C(=O)OCC(=O)NC2CCCC2)cc1. The van der Waals surface area contributed by atoms with Crippen molar-refractivity contribution in [1.29, 1.82) is 0 Å². The van der Waals surface area contributed by atoms with Gasteiger partial charge in [-0.1, -0.05) is 12.8 Å². The molecule has 1 aliphatic rings. The van der Waals surface area contributed by atoms with Gasteiger partial charge in [-0.15, -0.1) is 0 Å². The molecule has 0 saturated heterocycles. The van der Waals surface area contributed by atoms with Crippen LogP contribution in [0.15, 0.2) is 24.3 Å². The third-order valence-electron chi connectivity index (χ3n) is 3.46. The quantitative estimate of drug-likeness (QED) is 0.817. The van der Waals surface area contributed by atoms with E-state index in [0.29, 0.717) is 17.9 Å². The van der Waals surface area contributed by atoms with Gasteiger partial charge in [-0.25, -0.2) is 4.79 Å². The summed E-state index contributed by atoms with van der Waals surface area (Å²) in [5, 5.41) is 2.88. The van der Waals surface area contributed by atoms with Crippen molar-refractivity contribution in [3.63, 3.8) is 0 Å². The lowest BCUT2D eigenvalue weighted by Crippen LogP contribution is -2.35. The molecule has 0 heterocycles. The minimum atomic E-state index is -0.500. The molecule has 5 heteroatoms. The first-order valence-electron chi connectivity index (χ1n) is 7.38. The standard InChI is InChI=1S/C16H21NO4/c1-2-20-14-9-7-12(8-10-14)16(19)21-11-15(18)17-13-5-3-4-6-13/h7-10,13H,2-6,11H2,1H3,(H,17,18). The van der Waals surface area contributed by atoms with E-state index in [1.54, 1.807) is 24.3 Å². The summed E-state index contributed by atoms with van der Waals surface area (Å²) in [5.41, 5.74) is 0.409. The van der Waals surface area contributed by atoms with Crippen molar-refractivity contribution < 1.29 is 19.1 Å². The van der Waals surface area contributed by atoms with Crippen LogP contribution in [-0.2, 0) is 9.53 Å². The van der Waals surface area contributed by atoms with Crippen LogP contribution in [0.1, 0.15) is 43.0 Å². The summed E-state index contributed by atoms with van der Waals surface area (Å²) in [6.45, 7) is 2.23. The molecule has 0 radical (unpaired) electrons. The number of esters is 1. The van der Waals surface area contributed by atoms with Gasteiger partial charge in [-0.05, 0) is 44.0 Å². The van der Waals surface area contributed by atoms with Crippen LogP contribution >= 0.6 is 0 Å². The second kappa shape index (κ2) is 7.67. The largest absolute Gasteiger partial charge is 0.494 e. The van der Waals surface area contributed by atoms with Crippen molar-refractivity contribution in [2.24, 2.45) is 0 Å². The van der Waals surface area contributed by atoms with E-state index < -0.39 is 5.97 Å². The maximum absolute atomic E-state index is 11.8. The minimum absolute atomic E-state index is 0.234. The summed E-state index contributed by atoms with van der Waals surface area (Å²) in [6.07, 6.45) is 4.32. The summed E-state index contributed by atoms with van der Waals surface area (Å²) in [6, 6.07) is 6.91. The molecule has 0 aliphatic heterocycles. The fourth-order valence-corrected chi connectivity index (χ4v) is 2.41. The Morgan fingerprint density at radius 1 is 1.19 bits per heavy atom. The second-order valence-electron chi connectivity index (χ2n) is 5.08. The van der Waals surface area contributed by atoms with Gasteiger partial charge in [0.05, 0.1) is 12.2 Å². The predicted octanol–water partition coefficient (Wildman–Crippen LogP) is 2.30. The molecule has 2 rings (SSSR count). The average Bonchev–Trinajstić information content (AvgIpc) is 2.99. The molecule has 114 valence electrons. The first kappa shape index (κ1) is 15.4. The molecule has 0 bridgehead atoms. The van der Waals surface area contributed by atoms with Gasteiger partial charge in [0.25, 0.3) is 5.91 Å². The fourth-order valence-electron chi connectivity index (χ4n) is 2.41. The van der Waals surface area contributed by atoms with E-state index in [0.717, 1.165) is 25.7 Å². The molecule has 1 saturated carbocycles. The van der Waals surface area contributed by atoms with Crippen LogP contribution in [0.3, 0.4) is 0 Å². The lowest BCUT2D eigenvalue weighted by Gasteiger charge is -2.12. The molecule has 0 aromatic heterocycles. The highest BCUT2D eigenvalue weighted by Gasteiger charge is 2.18. The van der Waals surface area contributed by atoms with Crippen LogP contribution in [0.2, 0.25) is 0 Å². The molecule has 1 aromatic carbocycles. The lowest BCUT2D eigenvalue weighted by atomic mass is 10.2. The van der Waals surface area contributed by atoms with Crippen molar-refractivity contribution >= 4 is 11.9 Å². The van der Waals surface area contributed by atoms with Gasteiger partial charge >= 0.3 is 5.97 Å². The van der Waals surface area contributed by atoms with Crippen molar-refractivity contribution in [3.8, 4) is 5.75 Å². The van der Waals surface area contributed by atoms with Crippen LogP contribution < -0.4 is 10.1 Å². The van der Waals surface area contributed by atoms with Crippen molar-refractivity contribution in [2.75, 3.05) is 13.2 Å². The Hall–Kier alpha value is -2.04. The van der Waals surface area contributed by atoms with Gasteiger partial charge in [0, 0.05) is 6.04 Å². The van der Waals surface area contributed by atoms with Gasteiger partial charge < -0.3 is 14.8 Å². The molecule has 0 spiro atoms. The van der Waals surface area contributed by atoms with Crippen LogP contribution in [0.25, 0.3) is 0 Å². The maximum Gasteiger partial charge on any atom is 0.338 e. The molecule has 1 N–H and O–H groups in total. The van der Waals surface area contributed by atoms with E-state index in [1.165, 1.54) is 0 Å². The molecule has 0 unspecified atom stereocenters. The van der Waals surface area contributed by atoms with E-state index in [-0.39, 0.29) is 18.6 Å². The maximum atomic E-state index is 11.8. The number of carbonyl (C=O) groups is 2. The third kappa shape index (κ3) is 4.77. The van der Waals surface area contributed by atoms with Gasteiger partial charge in [-0.3, -0.25) is 4.79 Å². The molecule has 1 aromatic rings. The molecule has 1 fully saturated rings. The first-order valence-corrected chi connectivity index (χ1v) is 7.38. The minimum Gasteiger partial charge on any atom is -0.494 e. The summed E-state index contributed by atoms with van der Waals surface area (Å²) >= 11 is 0. The lowest BCUT2D eigenvalue weighted by molar-refractivity contribution is -0.124. The zero-order chi connectivity index (χ0) is 15.1. The summed E-state index contributed by atoms with van der Waals surface area (Å²) in [4.78, 5) is 23.5. The molecular weight excluding hydrogens is 270 g/mol. The normalized spacial score (nSPS) is 14.7. The van der Waals surface area contributed by atoms with Gasteiger partial charge in [0.2, 0.25) is 0 Å². The monoisotopic (exact) mass is 291 g/mol. The molecule has 1 amide bonds. The van der Waals surface area contributed by atoms with Crippen LogP contribution in [-0.4, -0.2) is 31.1 Å². The van der Waals surface area contributed by atoms with Crippen molar-refractivity contribution in [1.82, 2.24) is 5.32 Å². The van der Waals surface area contributed by atoms with E-state index in [4.69, 9.17) is 9.47 Å². The number of benzene rings is 1. The van der Waals surface area contributed by atoms with Crippen molar-refractivity contribution in [3.05, 3.63) is 29.8 Å². The van der Waals surface area contributed by atoms with Gasteiger partial charge in [-0.2, -0.15) is 0 Å². The Bertz CT molecular complexity index is 478. The second-order valence-corrected chi connectivity index (χ2v) is 5.08. The summed E-state index contributed by atoms with van der Waals surface area (Å²) in [5.74, 6) is -0.0335.